The summed E-state index contributed by atoms with van der Waals surface area (Å²) in [6.45, 7) is 17.2. The fourth-order valence-corrected chi connectivity index (χ4v) is 3.26. The Hall–Kier alpha value is -2.22. The SMILES string of the molecule is C=C(c1ccc(C)c(C)c1)N1CCN(c2ccc(C)c(C)c2)CC1. The predicted octanol–water partition coefficient (Wildman–Crippen LogP) is 4.71. The lowest BCUT2D eigenvalue weighted by atomic mass is 10.0. The van der Waals surface area contributed by atoms with E-state index in [0.717, 1.165) is 31.9 Å². The van der Waals surface area contributed by atoms with Gasteiger partial charge in [-0.2, -0.15) is 0 Å². The first-order valence-electron chi connectivity index (χ1n) is 8.79. The Labute approximate surface area is 146 Å². The molecule has 24 heavy (non-hydrogen) atoms. The van der Waals surface area contributed by atoms with Crippen LogP contribution in [0.4, 0.5) is 5.69 Å². The van der Waals surface area contributed by atoms with Crippen molar-refractivity contribution in [3.63, 3.8) is 0 Å². The Kier molecular flexibility index (Phi) is 4.66. The van der Waals surface area contributed by atoms with Crippen LogP contribution in [0.25, 0.3) is 5.70 Å². The number of hydrogen-bond acceptors (Lipinski definition) is 2. The molecule has 1 aliphatic rings. The van der Waals surface area contributed by atoms with E-state index < -0.39 is 0 Å². The Balaban J connectivity index is 1.66. The van der Waals surface area contributed by atoms with E-state index in [9.17, 15) is 0 Å². The second kappa shape index (κ2) is 6.72. The number of piperazine rings is 1. The van der Waals surface area contributed by atoms with Crippen LogP contribution in [-0.4, -0.2) is 31.1 Å². The van der Waals surface area contributed by atoms with Crippen LogP contribution in [0, 0.1) is 27.7 Å². The summed E-state index contributed by atoms with van der Waals surface area (Å²) in [5.74, 6) is 0. The molecule has 0 atom stereocenters. The Morgan fingerprint density at radius 1 is 0.750 bits per heavy atom. The second-order valence-electron chi connectivity index (χ2n) is 6.99. The van der Waals surface area contributed by atoms with Gasteiger partial charge in [-0.25, -0.2) is 0 Å². The predicted molar refractivity (Wildman–Crippen MR) is 105 cm³/mol. The molecule has 1 fully saturated rings. The third-order valence-electron chi connectivity index (χ3n) is 5.36. The maximum Gasteiger partial charge on any atom is 0.0370 e. The van der Waals surface area contributed by atoms with Crippen molar-refractivity contribution in [1.29, 1.82) is 0 Å². The summed E-state index contributed by atoms with van der Waals surface area (Å²) in [7, 11) is 0. The zero-order chi connectivity index (χ0) is 17.3. The molecule has 2 aromatic rings. The number of benzene rings is 2. The smallest absolute Gasteiger partial charge is 0.0370 e. The number of nitrogens with zero attached hydrogens (tertiary/aromatic N) is 2. The summed E-state index contributed by atoms with van der Waals surface area (Å²) in [6.07, 6.45) is 0. The van der Waals surface area contributed by atoms with Crippen molar-refractivity contribution in [2.24, 2.45) is 0 Å². The summed E-state index contributed by atoms with van der Waals surface area (Å²) in [5.41, 5.74) is 9.15. The van der Waals surface area contributed by atoms with E-state index in [1.54, 1.807) is 0 Å². The van der Waals surface area contributed by atoms with Crippen molar-refractivity contribution in [3.8, 4) is 0 Å². The van der Waals surface area contributed by atoms with Gasteiger partial charge in [-0.15, -0.1) is 0 Å². The lowest BCUT2D eigenvalue weighted by Gasteiger charge is -2.38. The molecule has 0 saturated carbocycles. The van der Waals surface area contributed by atoms with Crippen molar-refractivity contribution in [2.45, 2.75) is 27.7 Å². The van der Waals surface area contributed by atoms with Gasteiger partial charge in [0.25, 0.3) is 0 Å². The van der Waals surface area contributed by atoms with Crippen LogP contribution >= 0.6 is 0 Å². The molecule has 1 aliphatic heterocycles. The summed E-state index contributed by atoms with van der Waals surface area (Å²) < 4.78 is 0. The molecular weight excluding hydrogens is 292 g/mol. The van der Waals surface area contributed by atoms with Gasteiger partial charge < -0.3 is 9.80 Å². The molecule has 0 bridgehead atoms. The average molecular weight is 320 g/mol. The highest BCUT2D eigenvalue weighted by Gasteiger charge is 2.19. The number of aryl methyl sites for hydroxylation is 4. The monoisotopic (exact) mass is 320 g/mol. The molecule has 2 heteroatoms. The molecule has 0 spiro atoms. The summed E-state index contributed by atoms with van der Waals surface area (Å²) in [6, 6.07) is 13.4. The van der Waals surface area contributed by atoms with Gasteiger partial charge in [0.2, 0.25) is 0 Å². The molecule has 0 unspecified atom stereocenters. The van der Waals surface area contributed by atoms with E-state index in [0.29, 0.717) is 0 Å². The molecular formula is C22H28N2. The van der Waals surface area contributed by atoms with Crippen LogP contribution in [0.3, 0.4) is 0 Å². The van der Waals surface area contributed by atoms with E-state index in [-0.39, 0.29) is 0 Å². The van der Waals surface area contributed by atoms with Gasteiger partial charge in [-0.1, -0.05) is 24.8 Å². The van der Waals surface area contributed by atoms with Crippen LogP contribution in [0.2, 0.25) is 0 Å². The number of hydrogen-bond donors (Lipinski definition) is 0. The Morgan fingerprint density at radius 2 is 1.33 bits per heavy atom. The summed E-state index contributed by atoms with van der Waals surface area (Å²) in [5, 5.41) is 0. The van der Waals surface area contributed by atoms with E-state index in [2.05, 4.69) is 80.5 Å². The van der Waals surface area contributed by atoms with Crippen LogP contribution in [0.1, 0.15) is 27.8 Å². The van der Waals surface area contributed by atoms with E-state index in [1.165, 1.54) is 33.5 Å². The fourth-order valence-electron chi connectivity index (χ4n) is 3.26. The van der Waals surface area contributed by atoms with Gasteiger partial charge in [0.15, 0.2) is 0 Å². The van der Waals surface area contributed by atoms with Gasteiger partial charge in [0.05, 0.1) is 0 Å². The molecule has 126 valence electrons. The maximum atomic E-state index is 4.35. The van der Waals surface area contributed by atoms with Crippen molar-refractivity contribution in [2.75, 3.05) is 31.1 Å². The van der Waals surface area contributed by atoms with Gasteiger partial charge in [-0.3, -0.25) is 0 Å². The van der Waals surface area contributed by atoms with Crippen LogP contribution in [0.5, 0.6) is 0 Å². The molecule has 1 heterocycles. The quantitative estimate of drug-likeness (QED) is 0.808. The highest BCUT2D eigenvalue weighted by molar-refractivity contribution is 5.63. The second-order valence-corrected chi connectivity index (χ2v) is 6.99. The van der Waals surface area contributed by atoms with Gasteiger partial charge in [0.1, 0.15) is 0 Å². The first-order valence-corrected chi connectivity index (χ1v) is 8.79. The van der Waals surface area contributed by atoms with Crippen molar-refractivity contribution in [1.82, 2.24) is 4.90 Å². The number of anilines is 1. The first-order chi connectivity index (χ1) is 11.5. The average Bonchev–Trinajstić information content (AvgIpc) is 2.59. The van der Waals surface area contributed by atoms with Gasteiger partial charge >= 0.3 is 0 Å². The zero-order valence-electron chi connectivity index (χ0n) is 15.4. The van der Waals surface area contributed by atoms with Crippen molar-refractivity contribution in [3.05, 3.63) is 70.8 Å². The normalized spacial score (nSPS) is 14.8. The first kappa shape index (κ1) is 16.6. The molecule has 1 saturated heterocycles. The molecule has 2 aromatic carbocycles. The van der Waals surface area contributed by atoms with E-state index >= 15 is 0 Å². The Bertz CT molecular complexity index is 753. The fraction of sp³-hybridized carbons (Fsp3) is 0.364. The molecule has 0 radical (unpaired) electrons. The number of rotatable bonds is 3. The molecule has 2 nitrogen and oxygen atoms in total. The largest absolute Gasteiger partial charge is 0.368 e. The lowest BCUT2D eigenvalue weighted by Crippen LogP contribution is -2.45. The molecule has 3 rings (SSSR count). The van der Waals surface area contributed by atoms with E-state index in [4.69, 9.17) is 0 Å². The molecule has 0 N–H and O–H groups in total. The zero-order valence-corrected chi connectivity index (χ0v) is 15.4. The van der Waals surface area contributed by atoms with E-state index in [1.807, 2.05) is 0 Å². The van der Waals surface area contributed by atoms with Crippen LogP contribution < -0.4 is 4.90 Å². The highest BCUT2D eigenvalue weighted by atomic mass is 15.3. The minimum atomic E-state index is 1.03. The van der Waals surface area contributed by atoms with Crippen molar-refractivity contribution >= 4 is 11.4 Å². The third-order valence-corrected chi connectivity index (χ3v) is 5.36. The minimum Gasteiger partial charge on any atom is -0.368 e. The standard InChI is InChI=1S/C22H28N2/c1-16-6-8-21(14-18(16)3)20(5)23-10-12-24(13-11-23)22-9-7-17(2)19(4)15-22/h6-9,14-15H,5,10-13H2,1-4H3. The van der Waals surface area contributed by atoms with Gasteiger partial charge in [-0.05, 0) is 73.7 Å². The molecule has 0 aliphatic carbocycles. The van der Waals surface area contributed by atoms with Crippen LogP contribution in [-0.2, 0) is 0 Å². The highest BCUT2D eigenvalue weighted by Crippen LogP contribution is 2.24. The van der Waals surface area contributed by atoms with Crippen molar-refractivity contribution < 1.29 is 0 Å². The maximum absolute atomic E-state index is 4.35. The third kappa shape index (κ3) is 3.33. The topological polar surface area (TPSA) is 6.48 Å². The van der Waals surface area contributed by atoms with Crippen LogP contribution in [0.15, 0.2) is 43.0 Å². The molecule has 0 amide bonds. The minimum absolute atomic E-state index is 1.03. The Morgan fingerprint density at radius 3 is 1.92 bits per heavy atom. The summed E-state index contributed by atoms with van der Waals surface area (Å²) in [4.78, 5) is 4.90. The molecule has 0 aromatic heterocycles. The van der Waals surface area contributed by atoms with Gasteiger partial charge in [0, 0.05) is 37.6 Å². The lowest BCUT2D eigenvalue weighted by molar-refractivity contribution is 0.368. The summed E-state index contributed by atoms with van der Waals surface area (Å²) >= 11 is 0.